The summed E-state index contributed by atoms with van der Waals surface area (Å²) in [6.45, 7) is 1.20. The number of guanidine groups is 1. The number of aliphatic hydroxyl groups is 1. The molecule has 1 unspecified atom stereocenters. The Hall–Kier alpha value is -11.9. The molecule has 6 heterocycles. The fourth-order valence-corrected chi connectivity index (χ4v) is 16.7. The highest BCUT2D eigenvalue weighted by Gasteiger charge is 2.55. The minimum absolute atomic E-state index is 0.0110. The first-order valence-corrected chi connectivity index (χ1v) is 42.4. The van der Waals surface area contributed by atoms with Gasteiger partial charge in [0.1, 0.15) is 78.5 Å². The van der Waals surface area contributed by atoms with Crippen LogP contribution in [-0.4, -0.2) is 275 Å². The molecule has 120 heavy (non-hydrogen) atoms. The highest BCUT2D eigenvalue weighted by molar-refractivity contribution is 7.99. The Kier molecular flexibility index (Phi) is 35.8. The van der Waals surface area contributed by atoms with Crippen molar-refractivity contribution in [2.75, 3.05) is 43.1 Å². The molecule has 15 atom stereocenters. The maximum Gasteiger partial charge on any atom is 0.305 e. The van der Waals surface area contributed by atoms with Gasteiger partial charge in [-0.2, -0.15) is 35.3 Å². The van der Waals surface area contributed by atoms with E-state index < -0.39 is 235 Å². The number of fused-ring (bicyclic) bond motifs is 16. The molecule has 1 aromatic heterocycles. The van der Waals surface area contributed by atoms with Crippen molar-refractivity contribution in [1.82, 2.24) is 83.6 Å². The maximum atomic E-state index is 15.2. The summed E-state index contributed by atoms with van der Waals surface area (Å²) in [5.74, 6) is -19.5. The zero-order valence-corrected chi connectivity index (χ0v) is 68.1. The number of imidazole rings is 1. The summed E-state index contributed by atoms with van der Waals surface area (Å²) in [7, 11) is 0. The molecule has 9 rings (SSSR count). The predicted octanol–water partition coefficient (Wildman–Crippen LogP) is -4.13. The Balaban J connectivity index is 1.13. The molecule has 0 aliphatic carbocycles. The molecular formula is C77H101N19O21S3. The Morgan fingerprint density at radius 3 is 1.82 bits per heavy atom. The van der Waals surface area contributed by atoms with Gasteiger partial charge in [-0.15, -0.1) is 0 Å². The number of H-pyrrole nitrogens is 1. The van der Waals surface area contributed by atoms with Crippen LogP contribution in [0.25, 0.3) is 0 Å². The number of amides is 14. The van der Waals surface area contributed by atoms with Crippen molar-refractivity contribution in [3.63, 3.8) is 0 Å². The van der Waals surface area contributed by atoms with E-state index in [9.17, 15) is 87.5 Å². The van der Waals surface area contributed by atoms with E-state index >= 15 is 14.4 Å². The number of aliphatic hydroxyl groups excluding tert-OH is 1. The average molecular weight is 1720 g/mol. The Morgan fingerprint density at radius 2 is 1.21 bits per heavy atom. The van der Waals surface area contributed by atoms with Crippen molar-refractivity contribution >= 4 is 142 Å². The van der Waals surface area contributed by atoms with Crippen molar-refractivity contribution in [2.24, 2.45) is 17.4 Å². The predicted molar refractivity (Wildman–Crippen MR) is 435 cm³/mol. The smallest absolute Gasteiger partial charge is 0.305 e. The number of primary amides is 1. The highest BCUT2D eigenvalue weighted by atomic mass is 32.2. The zero-order chi connectivity index (χ0) is 87.3. The van der Waals surface area contributed by atoms with Gasteiger partial charge >= 0.3 is 17.9 Å². The second-order valence-electron chi connectivity index (χ2n) is 29.2. The van der Waals surface area contributed by atoms with Crippen molar-refractivity contribution in [1.29, 1.82) is 5.41 Å². The number of hydrogen-bond acceptors (Lipinski definition) is 23. The van der Waals surface area contributed by atoms with Gasteiger partial charge in [0.25, 0.3) is 0 Å². The first-order chi connectivity index (χ1) is 57.3. The Morgan fingerprint density at radius 1 is 0.617 bits per heavy atom. The van der Waals surface area contributed by atoms with Crippen LogP contribution in [0.3, 0.4) is 0 Å². The molecule has 0 spiro atoms. The third kappa shape index (κ3) is 28.2. The Labute approximate surface area is 701 Å². The molecule has 3 aromatic carbocycles. The van der Waals surface area contributed by atoms with Gasteiger partial charge in [-0.05, 0) is 79.2 Å². The minimum atomic E-state index is -2.11. The van der Waals surface area contributed by atoms with Crippen LogP contribution in [0.4, 0.5) is 0 Å². The molecule has 22 N–H and O–H groups in total. The monoisotopic (exact) mass is 1720 g/mol. The van der Waals surface area contributed by atoms with Gasteiger partial charge in [-0.25, -0.2) is 4.98 Å². The molecule has 3 saturated heterocycles. The van der Waals surface area contributed by atoms with E-state index in [1.165, 1.54) is 52.8 Å². The third-order valence-corrected chi connectivity index (χ3v) is 23.1. The topological polar surface area (TPSA) is 627 Å². The number of nitrogens with one attached hydrogen (secondary N) is 14. The lowest BCUT2D eigenvalue weighted by Crippen LogP contribution is -2.68. The van der Waals surface area contributed by atoms with Crippen molar-refractivity contribution in [3.05, 3.63) is 125 Å². The highest BCUT2D eigenvalue weighted by Crippen LogP contribution is 2.35. The molecule has 0 radical (unpaired) electrons. The minimum Gasteiger partial charge on any atom is -0.481 e. The third-order valence-electron chi connectivity index (χ3n) is 20.2. The molecule has 14 amide bonds. The molecular weight excluding hydrogens is 1620 g/mol. The summed E-state index contributed by atoms with van der Waals surface area (Å²) in [5.41, 5.74) is 13.2. The zero-order valence-electron chi connectivity index (χ0n) is 65.7. The first kappa shape index (κ1) is 93.6. The van der Waals surface area contributed by atoms with E-state index in [0.717, 1.165) is 11.8 Å². The summed E-state index contributed by atoms with van der Waals surface area (Å²) < 4.78 is 0. The van der Waals surface area contributed by atoms with Crippen molar-refractivity contribution in [2.45, 2.75) is 187 Å². The van der Waals surface area contributed by atoms with Gasteiger partial charge < -0.3 is 110 Å². The molecule has 4 aromatic rings. The van der Waals surface area contributed by atoms with Crippen LogP contribution in [0.2, 0.25) is 0 Å². The van der Waals surface area contributed by atoms with Gasteiger partial charge in [-0.3, -0.25) is 86.9 Å². The van der Waals surface area contributed by atoms with Crippen LogP contribution < -0.4 is 75.3 Å². The van der Waals surface area contributed by atoms with Gasteiger partial charge in [0.05, 0.1) is 31.0 Å². The number of rotatable bonds is 34. The van der Waals surface area contributed by atoms with E-state index in [-0.39, 0.29) is 87.5 Å². The molecule has 648 valence electrons. The van der Waals surface area contributed by atoms with Crippen LogP contribution >= 0.6 is 35.3 Å². The standard InChI is InChI=1S/C77H101N19O21S3/c1-40(97)84-49(23-27-118-2)67(108)93-56-38-120-36-44-17-9-16-43(28-44)35-119-37-55(92-69(110)52(30-42-14-7-4-8-15-42)88-66(107)48(20-21-58(98)99)86-73(114)61-63(104)46-22-26-96(62(46)74(115)94-61)76(117)57-19-11-25-95(57)75(56)116)72(113)91-54(33-60(102)103)71(112)90-53(31-45-34-81-39-83-45)70(111)89-51(29-41-12-5-3-6-13-41)68(109)85-47(18-10-24-82-77(79)80)65(106)87-50(64(78)105)32-59(100)101/h3-9,12-17,28,34,39,46-57,61-63,104H,10-11,18-27,29-33,35-38H2,1-2H3,(H2,78,105)(H,81,83)(H,84,97)(H,85,109)(H,86,114)(H,87,106)(H,88,107)(H,89,111)(H,90,112)(H,91,113)(H,92,110)(H,93,108)(H,94,115)(H,98,99)(H,100,101)(H,102,103)(H4,79,80,82)/t46?,47-,48-,49-,50-,51-,52-,53-,54-,55-,56+,57-,61-,62-,63+/m0/s1. The van der Waals surface area contributed by atoms with Crippen LogP contribution in [0.5, 0.6) is 0 Å². The van der Waals surface area contributed by atoms with E-state index in [1.54, 1.807) is 84.9 Å². The van der Waals surface area contributed by atoms with Crippen LogP contribution in [-0.2, 0) is 112 Å². The second kappa shape index (κ2) is 45.9. The number of aliphatic carboxylic acids is 3. The molecule has 0 saturated carbocycles. The van der Waals surface area contributed by atoms with Crippen LogP contribution in [0.1, 0.15) is 99.1 Å². The number of carboxylic acid groups (broad SMARTS) is 3. The van der Waals surface area contributed by atoms with Gasteiger partial charge in [0.15, 0.2) is 5.96 Å². The number of carbonyl (C=O) groups is 17. The van der Waals surface area contributed by atoms with E-state index in [0.29, 0.717) is 34.4 Å². The number of thioether (sulfide) groups is 3. The number of nitrogens with zero attached hydrogens (tertiary/aromatic N) is 3. The van der Waals surface area contributed by atoms with E-state index in [4.69, 9.17) is 16.9 Å². The van der Waals surface area contributed by atoms with Crippen molar-refractivity contribution in [3.8, 4) is 0 Å². The number of aromatic amines is 1. The largest absolute Gasteiger partial charge is 0.481 e. The SMILES string of the molecule is CSCC[C@H](NC(C)=O)C(=O)N[C@@H]1CSCc2cccc(c2)CSC[C@@H](C(=O)N[C@@H](CC(=O)O)C(=O)N[C@@H](Cc2c[nH]cn2)C(=O)N[C@@H](Cc2ccccc2)C(=O)N[C@@H](CCCNC(=N)N)C(=O)N[C@@H](CC(=O)O)C(N)=O)NC(=O)[C@H](Cc2ccccc2)NC(=O)[C@H](CCC(=O)O)NC(=O)[C@H]2NC(=O)[C@@H]3C(CCN3C(=O)[C@@H]3CCCN3C1=O)[C@H]2O. The fourth-order valence-electron chi connectivity index (χ4n) is 14.2. The number of nitrogens with two attached hydrogens (primary N) is 2. The van der Waals surface area contributed by atoms with Gasteiger partial charge in [0, 0.05) is 87.4 Å². The van der Waals surface area contributed by atoms with Gasteiger partial charge in [0.2, 0.25) is 82.7 Å². The number of aromatic nitrogens is 2. The first-order valence-electron chi connectivity index (χ1n) is 38.7. The lowest BCUT2D eigenvalue weighted by atomic mass is 9.84. The normalized spacial score (nSPS) is 22.0. The van der Waals surface area contributed by atoms with Crippen LogP contribution in [0, 0.1) is 11.3 Å². The molecule has 6 bridgehead atoms. The molecule has 3 fully saturated rings. The number of benzene rings is 3. The summed E-state index contributed by atoms with van der Waals surface area (Å²) in [6.07, 6.45) is -1.53. The number of hydrogen-bond donors (Lipinski definition) is 20. The lowest BCUT2D eigenvalue weighted by molar-refractivity contribution is -0.152. The number of carbonyl (C=O) groups excluding carboxylic acids is 14. The number of piperidine rings is 1. The molecule has 5 aliphatic rings. The molecule has 40 nitrogen and oxygen atoms in total. The summed E-state index contributed by atoms with van der Waals surface area (Å²) in [4.78, 5) is 248. The van der Waals surface area contributed by atoms with Gasteiger partial charge in [-0.1, -0.05) is 84.9 Å². The summed E-state index contributed by atoms with van der Waals surface area (Å²) >= 11 is 3.72. The summed E-state index contributed by atoms with van der Waals surface area (Å²) in [6, 6.07) is 2.38. The Bertz CT molecular complexity index is 4370. The average Bonchev–Trinajstić information content (AvgIpc) is 1.60. The molecule has 5 aliphatic heterocycles. The second-order valence-corrected chi connectivity index (χ2v) is 32.2. The lowest BCUT2D eigenvalue weighted by Gasteiger charge is -2.40. The van der Waals surface area contributed by atoms with E-state index in [2.05, 4.69) is 73.8 Å². The van der Waals surface area contributed by atoms with Crippen LogP contribution in [0.15, 0.2) is 97.5 Å². The van der Waals surface area contributed by atoms with Crippen molar-refractivity contribution < 1.29 is 102 Å². The fraction of sp³-hybridized carbons (Fsp3) is 0.494. The maximum absolute atomic E-state index is 15.2. The number of carboxylic acids is 3. The van der Waals surface area contributed by atoms with E-state index in [1.807, 2.05) is 6.26 Å². The summed E-state index contributed by atoms with van der Waals surface area (Å²) in [5, 5.41) is 79.8. The molecule has 43 heteroatoms. The quantitative estimate of drug-likeness (QED) is 0.00914.